The normalized spacial score (nSPS) is 11.2. The van der Waals surface area contributed by atoms with E-state index < -0.39 is 11.7 Å². The SMILES string of the molecule is Cc1cc(Br)ccc1NC(=O)CNc1ccc(C(F)(F)F)cc1. The number of halogens is 4. The van der Waals surface area contributed by atoms with Gasteiger partial charge in [0.15, 0.2) is 0 Å². The molecule has 0 atom stereocenters. The molecular formula is C16H14BrF3N2O. The van der Waals surface area contributed by atoms with Gasteiger partial charge in [0.05, 0.1) is 12.1 Å². The molecule has 0 fully saturated rings. The van der Waals surface area contributed by atoms with Crippen molar-refractivity contribution in [3.05, 3.63) is 58.1 Å². The number of carbonyl (C=O) groups excluding carboxylic acids is 1. The maximum Gasteiger partial charge on any atom is 0.416 e. The number of hydrogen-bond donors (Lipinski definition) is 2. The van der Waals surface area contributed by atoms with Crippen molar-refractivity contribution in [2.24, 2.45) is 0 Å². The molecule has 0 aromatic heterocycles. The molecule has 122 valence electrons. The number of hydrogen-bond acceptors (Lipinski definition) is 2. The van der Waals surface area contributed by atoms with Crippen LogP contribution in [0.2, 0.25) is 0 Å². The number of anilines is 2. The van der Waals surface area contributed by atoms with E-state index in [-0.39, 0.29) is 12.5 Å². The van der Waals surface area contributed by atoms with Gasteiger partial charge in [0.25, 0.3) is 0 Å². The summed E-state index contributed by atoms with van der Waals surface area (Å²) in [6, 6.07) is 9.99. The molecule has 0 spiro atoms. The molecule has 0 saturated heterocycles. The van der Waals surface area contributed by atoms with Crippen molar-refractivity contribution >= 4 is 33.2 Å². The predicted octanol–water partition coefficient (Wildman–Crippen LogP) is 4.83. The van der Waals surface area contributed by atoms with E-state index >= 15 is 0 Å². The second-order valence-electron chi connectivity index (χ2n) is 4.94. The molecule has 2 aromatic carbocycles. The van der Waals surface area contributed by atoms with Gasteiger partial charge in [0.2, 0.25) is 5.91 Å². The lowest BCUT2D eigenvalue weighted by atomic mass is 10.2. The average Bonchev–Trinajstić information content (AvgIpc) is 2.47. The minimum Gasteiger partial charge on any atom is -0.376 e. The zero-order valence-electron chi connectivity index (χ0n) is 12.2. The maximum atomic E-state index is 12.5. The predicted molar refractivity (Wildman–Crippen MR) is 87.4 cm³/mol. The van der Waals surface area contributed by atoms with Crippen molar-refractivity contribution in [3.63, 3.8) is 0 Å². The fourth-order valence-corrected chi connectivity index (χ4v) is 2.40. The standard InChI is InChI=1S/C16H14BrF3N2O/c1-10-8-12(17)4-7-14(10)22-15(23)9-21-13-5-2-11(3-6-13)16(18,19)20/h2-8,21H,9H2,1H3,(H,22,23). The van der Waals surface area contributed by atoms with Crippen LogP contribution in [0.15, 0.2) is 46.9 Å². The summed E-state index contributed by atoms with van der Waals surface area (Å²) in [5, 5.41) is 5.53. The van der Waals surface area contributed by atoms with Gasteiger partial charge in [-0.1, -0.05) is 15.9 Å². The molecule has 0 bridgehead atoms. The third-order valence-corrected chi connectivity index (χ3v) is 3.62. The first-order valence-electron chi connectivity index (χ1n) is 6.73. The minimum absolute atomic E-state index is 0.0408. The van der Waals surface area contributed by atoms with Crippen LogP contribution in [-0.2, 0) is 11.0 Å². The molecule has 0 radical (unpaired) electrons. The van der Waals surface area contributed by atoms with E-state index in [4.69, 9.17) is 0 Å². The van der Waals surface area contributed by atoms with Crippen molar-refractivity contribution in [2.45, 2.75) is 13.1 Å². The second kappa shape index (κ2) is 7.04. The highest BCUT2D eigenvalue weighted by molar-refractivity contribution is 9.10. The summed E-state index contributed by atoms with van der Waals surface area (Å²) in [5.74, 6) is -0.282. The van der Waals surface area contributed by atoms with Crippen molar-refractivity contribution in [1.82, 2.24) is 0 Å². The van der Waals surface area contributed by atoms with E-state index in [1.807, 2.05) is 19.1 Å². The lowest BCUT2D eigenvalue weighted by molar-refractivity contribution is -0.137. The Bertz CT molecular complexity index is 699. The summed E-state index contributed by atoms with van der Waals surface area (Å²) in [6.45, 7) is 1.82. The molecule has 0 heterocycles. The highest BCUT2D eigenvalue weighted by Crippen LogP contribution is 2.29. The van der Waals surface area contributed by atoms with Gasteiger partial charge in [-0.2, -0.15) is 13.2 Å². The lowest BCUT2D eigenvalue weighted by Crippen LogP contribution is -2.22. The molecule has 0 unspecified atom stereocenters. The van der Waals surface area contributed by atoms with Gasteiger partial charge in [0.1, 0.15) is 0 Å². The highest BCUT2D eigenvalue weighted by Gasteiger charge is 2.29. The van der Waals surface area contributed by atoms with Crippen LogP contribution in [0.25, 0.3) is 0 Å². The zero-order chi connectivity index (χ0) is 17.0. The number of rotatable bonds is 4. The first-order chi connectivity index (χ1) is 10.8. The minimum atomic E-state index is -4.37. The summed E-state index contributed by atoms with van der Waals surface area (Å²) < 4.78 is 38.3. The Morgan fingerprint density at radius 2 is 1.78 bits per heavy atom. The van der Waals surface area contributed by atoms with Crippen LogP contribution in [0.4, 0.5) is 24.5 Å². The average molecular weight is 387 g/mol. The van der Waals surface area contributed by atoms with E-state index in [1.165, 1.54) is 12.1 Å². The number of benzene rings is 2. The molecule has 0 aliphatic carbocycles. The van der Waals surface area contributed by atoms with E-state index in [0.29, 0.717) is 11.4 Å². The van der Waals surface area contributed by atoms with E-state index in [9.17, 15) is 18.0 Å². The Morgan fingerprint density at radius 1 is 1.13 bits per heavy atom. The third kappa shape index (κ3) is 4.99. The van der Waals surface area contributed by atoms with Gasteiger partial charge in [-0.25, -0.2) is 0 Å². The van der Waals surface area contributed by atoms with Crippen LogP contribution in [-0.4, -0.2) is 12.5 Å². The molecule has 2 rings (SSSR count). The molecule has 1 amide bonds. The quantitative estimate of drug-likeness (QED) is 0.790. The summed E-state index contributed by atoms with van der Waals surface area (Å²) in [7, 11) is 0. The summed E-state index contributed by atoms with van der Waals surface area (Å²) in [4.78, 5) is 11.9. The number of nitrogens with one attached hydrogen (secondary N) is 2. The Hall–Kier alpha value is -2.02. The Morgan fingerprint density at radius 3 is 2.35 bits per heavy atom. The van der Waals surface area contributed by atoms with Crippen LogP contribution in [0.5, 0.6) is 0 Å². The van der Waals surface area contributed by atoms with Gasteiger partial charge in [-0.15, -0.1) is 0 Å². The Balaban J connectivity index is 1.91. The second-order valence-corrected chi connectivity index (χ2v) is 5.85. The number of amides is 1. The van der Waals surface area contributed by atoms with E-state index in [1.54, 1.807) is 6.07 Å². The number of alkyl halides is 3. The summed E-state index contributed by atoms with van der Waals surface area (Å²) in [5.41, 5.74) is 1.31. The molecule has 7 heteroatoms. The van der Waals surface area contributed by atoms with Gasteiger partial charge in [-0.05, 0) is 55.0 Å². The molecule has 2 aromatic rings. The van der Waals surface area contributed by atoms with Crippen LogP contribution < -0.4 is 10.6 Å². The maximum absolute atomic E-state index is 12.5. The van der Waals surface area contributed by atoms with Gasteiger partial charge >= 0.3 is 6.18 Å². The Kier molecular flexibility index (Phi) is 5.30. The van der Waals surface area contributed by atoms with Gasteiger partial charge in [0, 0.05) is 15.8 Å². The number of aryl methyl sites for hydroxylation is 1. The van der Waals surface area contributed by atoms with Crippen LogP contribution in [0.3, 0.4) is 0 Å². The van der Waals surface area contributed by atoms with Gasteiger partial charge < -0.3 is 10.6 Å². The fourth-order valence-electron chi connectivity index (χ4n) is 1.92. The van der Waals surface area contributed by atoms with E-state index in [0.717, 1.165) is 22.2 Å². The summed E-state index contributed by atoms with van der Waals surface area (Å²) in [6.07, 6.45) is -4.37. The highest BCUT2D eigenvalue weighted by atomic mass is 79.9. The fraction of sp³-hybridized carbons (Fsp3) is 0.188. The summed E-state index contributed by atoms with van der Waals surface area (Å²) >= 11 is 3.34. The smallest absolute Gasteiger partial charge is 0.376 e. The molecule has 0 aliphatic heterocycles. The van der Waals surface area contributed by atoms with Crippen molar-refractivity contribution in [1.29, 1.82) is 0 Å². The first kappa shape index (κ1) is 17.3. The molecule has 3 nitrogen and oxygen atoms in total. The van der Waals surface area contributed by atoms with Crippen molar-refractivity contribution < 1.29 is 18.0 Å². The van der Waals surface area contributed by atoms with Gasteiger partial charge in [-0.3, -0.25) is 4.79 Å². The molecular weight excluding hydrogens is 373 g/mol. The molecule has 0 saturated carbocycles. The largest absolute Gasteiger partial charge is 0.416 e. The monoisotopic (exact) mass is 386 g/mol. The molecule has 0 aliphatic rings. The van der Waals surface area contributed by atoms with Crippen LogP contribution in [0.1, 0.15) is 11.1 Å². The molecule has 23 heavy (non-hydrogen) atoms. The van der Waals surface area contributed by atoms with E-state index in [2.05, 4.69) is 26.6 Å². The molecule has 2 N–H and O–H groups in total. The number of carbonyl (C=O) groups is 1. The topological polar surface area (TPSA) is 41.1 Å². The van der Waals surface area contributed by atoms with Crippen LogP contribution >= 0.6 is 15.9 Å². The lowest BCUT2D eigenvalue weighted by Gasteiger charge is -2.11. The van der Waals surface area contributed by atoms with Crippen molar-refractivity contribution in [2.75, 3.05) is 17.2 Å². The first-order valence-corrected chi connectivity index (χ1v) is 7.52. The third-order valence-electron chi connectivity index (χ3n) is 3.13. The van der Waals surface area contributed by atoms with Crippen molar-refractivity contribution in [3.8, 4) is 0 Å². The zero-order valence-corrected chi connectivity index (χ0v) is 13.8. The Labute approximate surface area is 140 Å². The van der Waals surface area contributed by atoms with Crippen LogP contribution in [0, 0.1) is 6.92 Å².